The van der Waals surface area contributed by atoms with E-state index >= 15 is 0 Å². The summed E-state index contributed by atoms with van der Waals surface area (Å²) in [4.78, 5) is 23.9. The van der Waals surface area contributed by atoms with Gasteiger partial charge in [0.1, 0.15) is 11.6 Å². The second kappa shape index (κ2) is 8.66. The van der Waals surface area contributed by atoms with Crippen LogP contribution in [0, 0.1) is 5.82 Å². The van der Waals surface area contributed by atoms with E-state index in [4.69, 9.17) is 4.74 Å². The Labute approximate surface area is 157 Å². The van der Waals surface area contributed by atoms with Gasteiger partial charge in [0.25, 0.3) is 0 Å². The van der Waals surface area contributed by atoms with Gasteiger partial charge < -0.3 is 15.4 Å². The average molecular weight is 370 g/mol. The number of hydrogen-bond donors (Lipinski definition) is 2. The Morgan fingerprint density at radius 1 is 1.00 bits per heavy atom. The van der Waals surface area contributed by atoms with Crippen molar-refractivity contribution in [1.82, 2.24) is 5.32 Å². The summed E-state index contributed by atoms with van der Waals surface area (Å²) in [5, 5.41) is 5.72. The van der Waals surface area contributed by atoms with Gasteiger partial charge in [-0.25, -0.2) is 9.18 Å². The third kappa shape index (κ3) is 5.29. The first-order valence-corrected chi connectivity index (χ1v) is 9.11. The van der Waals surface area contributed by atoms with Crippen LogP contribution in [0.2, 0.25) is 0 Å². The minimum atomic E-state index is -0.313. The molecule has 0 atom stereocenters. The molecule has 1 aliphatic rings. The van der Waals surface area contributed by atoms with E-state index in [0.29, 0.717) is 17.0 Å². The number of halogens is 1. The zero-order valence-electron chi connectivity index (χ0n) is 15.2. The number of anilines is 1. The SMILES string of the molecule is CC(=O)c1ccccc1NC(=O)NC1CCC(Oc2ccc(F)cc2)CC1. The van der Waals surface area contributed by atoms with Gasteiger partial charge in [-0.05, 0) is 69.0 Å². The summed E-state index contributed by atoms with van der Waals surface area (Å²) in [7, 11) is 0. The number of amides is 2. The first kappa shape index (κ1) is 18.9. The topological polar surface area (TPSA) is 67.4 Å². The Kier molecular flexibility index (Phi) is 6.06. The lowest BCUT2D eigenvalue weighted by atomic mass is 9.93. The van der Waals surface area contributed by atoms with E-state index in [-0.39, 0.29) is 29.8 Å². The molecule has 1 aliphatic carbocycles. The van der Waals surface area contributed by atoms with Gasteiger partial charge in [-0.2, -0.15) is 0 Å². The largest absolute Gasteiger partial charge is 0.490 e. The molecule has 1 fully saturated rings. The van der Waals surface area contributed by atoms with Gasteiger partial charge >= 0.3 is 6.03 Å². The highest BCUT2D eigenvalue weighted by molar-refractivity contribution is 6.03. The summed E-state index contributed by atoms with van der Waals surface area (Å²) in [6.45, 7) is 1.47. The van der Waals surface area contributed by atoms with Gasteiger partial charge in [0.15, 0.2) is 5.78 Å². The number of para-hydroxylation sites is 1. The van der Waals surface area contributed by atoms with Gasteiger partial charge in [0.05, 0.1) is 11.8 Å². The summed E-state index contributed by atoms with van der Waals surface area (Å²) in [5.41, 5.74) is 1.000. The Hall–Kier alpha value is -2.89. The highest BCUT2D eigenvalue weighted by Crippen LogP contribution is 2.24. The number of benzene rings is 2. The van der Waals surface area contributed by atoms with Gasteiger partial charge in [0, 0.05) is 11.6 Å². The molecule has 6 heteroatoms. The lowest BCUT2D eigenvalue weighted by molar-refractivity contribution is 0.101. The number of Topliss-reactive ketones (excluding diaryl/α,β-unsaturated/α-hetero) is 1. The number of carbonyl (C=O) groups excluding carboxylic acids is 2. The predicted octanol–water partition coefficient (Wildman–Crippen LogP) is 4.54. The van der Waals surface area contributed by atoms with E-state index in [2.05, 4.69) is 10.6 Å². The van der Waals surface area contributed by atoms with Gasteiger partial charge in [-0.3, -0.25) is 4.79 Å². The summed E-state index contributed by atoms with van der Waals surface area (Å²) in [5.74, 6) is 0.281. The monoisotopic (exact) mass is 370 g/mol. The van der Waals surface area contributed by atoms with Crippen molar-refractivity contribution in [3.63, 3.8) is 0 Å². The number of nitrogens with one attached hydrogen (secondary N) is 2. The van der Waals surface area contributed by atoms with Crippen molar-refractivity contribution in [3.05, 3.63) is 59.9 Å². The summed E-state index contributed by atoms with van der Waals surface area (Å²) in [6.07, 6.45) is 3.29. The molecule has 2 N–H and O–H groups in total. The zero-order valence-corrected chi connectivity index (χ0v) is 15.2. The molecule has 0 aliphatic heterocycles. The van der Waals surface area contributed by atoms with Crippen molar-refractivity contribution in [3.8, 4) is 5.75 Å². The van der Waals surface area contributed by atoms with Crippen molar-refractivity contribution in [2.45, 2.75) is 44.8 Å². The van der Waals surface area contributed by atoms with Crippen LogP contribution >= 0.6 is 0 Å². The van der Waals surface area contributed by atoms with Crippen LogP contribution in [0.15, 0.2) is 48.5 Å². The summed E-state index contributed by atoms with van der Waals surface area (Å²) in [6, 6.07) is 12.7. The van der Waals surface area contributed by atoms with E-state index in [1.807, 2.05) is 0 Å². The van der Waals surface area contributed by atoms with Crippen molar-refractivity contribution >= 4 is 17.5 Å². The molecule has 0 radical (unpaired) electrons. The van der Waals surface area contributed by atoms with E-state index in [0.717, 1.165) is 25.7 Å². The predicted molar refractivity (Wildman–Crippen MR) is 102 cm³/mol. The van der Waals surface area contributed by atoms with Crippen LogP contribution < -0.4 is 15.4 Å². The number of ketones is 1. The minimum absolute atomic E-state index is 0.0579. The Balaban J connectivity index is 1.47. The smallest absolute Gasteiger partial charge is 0.319 e. The molecule has 27 heavy (non-hydrogen) atoms. The summed E-state index contributed by atoms with van der Waals surface area (Å²) >= 11 is 0. The molecule has 2 aromatic rings. The number of carbonyl (C=O) groups is 2. The number of hydrogen-bond acceptors (Lipinski definition) is 3. The van der Waals surface area contributed by atoms with Crippen molar-refractivity contribution in [2.24, 2.45) is 0 Å². The fourth-order valence-electron chi connectivity index (χ4n) is 3.27. The first-order chi connectivity index (χ1) is 13.0. The maximum Gasteiger partial charge on any atom is 0.319 e. The van der Waals surface area contributed by atoms with Crippen molar-refractivity contribution in [1.29, 1.82) is 0 Å². The van der Waals surface area contributed by atoms with Crippen LogP contribution in [0.3, 0.4) is 0 Å². The molecule has 0 aromatic heterocycles. The van der Waals surface area contributed by atoms with Crippen molar-refractivity contribution < 1.29 is 18.7 Å². The number of ether oxygens (including phenoxy) is 1. The molecular formula is C21H23FN2O3. The van der Waals surface area contributed by atoms with Crippen LogP contribution in [0.5, 0.6) is 5.75 Å². The normalized spacial score (nSPS) is 19.2. The first-order valence-electron chi connectivity index (χ1n) is 9.11. The van der Waals surface area contributed by atoms with E-state index in [1.165, 1.54) is 19.1 Å². The highest BCUT2D eigenvalue weighted by Gasteiger charge is 2.24. The van der Waals surface area contributed by atoms with Gasteiger partial charge in [-0.1, -0.05) is 12.1 Å². The zero-order chi connectivity index (χ0) is 19.2. The fraction of sp³-hybridized carbons (Fsp3) is 0.333. The second-order valence-corrected chi connectivity index (χ2v) is 6.75. The molecule has 0 unspecified atom stereocenters. The second-order valence-electron chi connectivity index (χ2n) is 6.75. The standard InChI is InChI=1S/C21H23FN2O3/c1-14(25)19-4-2-3-5-20(19)24-21(26)23-16-8-12-18(13-9-16)27-17-10-6-15(22)7-11-17/h2-7,10-11,16,18H,8-9,12-13H2,1H3,(H2,23,24,26). The lowest BCUT2D eigenvalue weighted by Gasteiger charge is -2.29. The van der Waals surface area contributed by atoms with Crippen LogP contribution in [-0.2, 0) is 0 Å². The minimum Gasteiger partial charge on any atom is -0.490 e. The van der Waals surface area contributed by atoms with Crippen LogP contribution in [-0.4, -0.2) is 24.0 Å². The van der Waals surface area contributed by atoms with Crippen molar-refractivity contribution in [2.75, 3.05) is 5.32 Å². The molecule has 0 bridgehead atoms. The third-order valence-electron chi connectivity index (χ3n) is 4.68. The Morgan fingerprint density at radius 3 is 2.33 bits per heavy atom. The molecule has 1 saturated carbocycles. The van der Waals surface area contributed by atoms with Gasteiger partial charge in [-0.15, -0.1) is 0 Å². The molecule has 5 nitrogen and oxygen atoms in total. The molecule has 3 rings (SSSR count). The maximum atomic E-state index is 12.9. The van der Waals surface area contributed by atoms with Gasteiger partial charge in [0.2, 0.25) is 0 Å². The lowest BCUT2D eigenvalue weighted by Crippen LogP contribution is -2.41. The van der Waals surface area contributed by atoms with E-state index < -0.39 is 0 Å². The Bertz CT molecular complexity index is 799. The molecule has 2 amide bonds. The number of rotatable bonds is 5. The fourth-order valence-corrected chi connectivity index (χ4v) is 3.27. The quantitative estimate of drug-likeness (QED) is 0.760. The molecule has 0 heterocycles. The molecule has 0 spiro atoms. The summed E-state index contributed by atoms with van der Waals surface area (Å²) < 4.78 is 18.8. The van der Waals surface area contributed by atoms with E-state index in [9.17, 15) is 14.0 Å². The Morgan fingerprint density at radius 2 is 1.67 bits per heavy atom. The van der Waals surface area contributed by atoms with E-state index in [1.54, 1.807) is 36.4 Å². The highest BCUT2D eigenvalue weighted by atomic mass is 19.1. The van der Waals surface area contributed by atoms with Crippen LogP contribution in [0.4, 0.5) is 14.9 Å². The van der Waals surface area contributed by atoms with Crippen LogP contribution in [0.25, 0.3) is 0 Å². The molecule has 0 saturated heterocycles. The molecule has 2 aromatic carbocycles. The average Bonchev–Trinajstić information content (AvgIpc) is 2.65. The molecule has 142 valence electrons. The third-order valence-corrected chi connectivity index (χ3v) is 4.68. The molecular weight excluding hydrogens is 347 g/mol. The maximum absolute atomic E-state index is 12.9. The number of urea groups is 1. The van der Waals surface area contributed by atoms with Crippen LogP contribution in [0.1, 0.15) is 43.0 Å².